The van der Waals surface area contributed by atoms with Crippen molar-refractivity contribution in [3.8, 4) is 0 Å². The van der Waals surface area contributed by atoms with Gasteiger partial charge in [0.1, 0.15) is 12.2 Å². The fourth-order valence-corrected chi connectivity index (χ4v) is 2.14. The number of benzene rings is 1. The van der Waals surface area contributed by atoms with Crippen LogP contribution in [0, 0.1) is 0 Å². The third kappa shape index (κ3) is 4.55. The molecule has 0 bridgehead atoms. The normalized spacial score (nSPS) is 10.9. The van der Waals surface area contributed by atoms with Gasteiger partial charge >= 0.3 is 17.6 Å². The summed E-state index contributed by atoms with van der Waals surface area (Å²) in [6, 6.07) is 6.84. The summed E-state index contributed by atoms with van der Waals surface area (Å²) < 4.78 is 14.9. The first-order valence-corrected chi connectivity index (χ1v) is 7.60. The summed E-state index contributed by atoms with van der Waals surface area (Å²) in [5, 5.41) is 0.703. The lowest BCUT2D eigenvalue weighted by Gasteiger charge is -2.07. The highest BCUT2D eigenvalue weighted by atomic mass is 16.5. The number of carbonyl (C=O) groups excluding carboxylic acids is 2. The van der Waals surface area contributed by atoms with E-state index in [4.69, 9.17) is 9.15 Å². The monoisotopic (exact) mass is 330 g/mol. The number of hydrogen-bond acceptors (Lipinski definition) is 6. The number of hydrogen-bond donors (Lipinski definition) is 0. The highest BCUT2D eigenvalue weighted by Crippen LogP contribution is 2.19. The molecule has 0 saturated carbocycles. The van der Waals surface area contributed by atoms with Crippen LogP contribution in [0.3, 0.4) is 0 Å². The standard InChI is InChI=1S/C18H18O6/c1-3-12-5-6-14-13(10-18(21)24-15(14)9-12)11-23-17(20)8-7-16(19)22-4-2/h5-10H,3-4,11H2,1-2H3/b8-7+. The first kappa shape index (κ1) is 17.5. The smallest absolute Gasteiger partial charge is 0.336 e. The summed E-state index contributed by atoms with van der Waals surface area (Å²) in [5.74, 6) is -1.32. The topological polar surface area (TPSA) is 82.8 Å². The van der Waals surface area contributed by atoms with E-state index in [-0.39, 0.29) is 13.2 Å². The molecule has 0 atom stereocenters. The Kier molecular flexibility index (Phi) is 5.89. The molecule has 1 heterocycles. The second-order valence-corrected chi connectivity index (χ2v) is 4.97. The molecule has 0 amide bonds. The highest BCUT2D eigenvalue weighted by Gasteiger charge is 2.08. The third-order valence-electron chi connectivity index (χ3n) is 3.31. The van der Waals surface area contributed by atoms with Crippen LogP contribution in [0.25, 0.3) is 11.0 Å². The van der Waals surface area contributed by atoms with Gasteiger partial charge in [0.25, 0.3) is 0 Å². The molecule has 0 fully saturated rings. The van der Waals surface area contributed by atoms with Crippen molar-refractivity contribution in [1.29, 1.82) is 0 Å². The summed E-state index contributed by atoms with van der Waals surface area (Å²) >= 11 is 0. The maximum Gasteiger partial charge on any atom is 0.336 e. The SMILES string of the molecule is CCOC(=O)/C=C/C(=O)OCc1cc(=O)oc2cc(CC)ccc12. The van der Waals surface area contributed by atoms with E-state index in [1.54, 1.807) is 13.0 Å². The largest absolute Gasteiger partial charge is 0.463 e. The number of rotatable bonds is 6. The van der Waals surface area contributed by atoms with Crippen LogP contribution in [0.2, 0.25) is 0 Å². The van der Waals surface area contributed by atoms with Crippen molar-refractivity contribution in [2.45, 2.75) is 26.9 Å². The van der Waals surface area contributed by atoms with E-state index in [9.17, 15) is 14.4 Å². The lowest BCUT2D eigenvalue weighted by molar-refractivity contribution is -0.141. The first-order chi connectivity index (χ1) is 11.5. The van der Waals surface area contributed by atoms with Gasteiger partial charge in [0, 0.05) is 29.2 Å². The van der Waals surface area contributed by atoms with Gasteiger partial charge in [0.05, 0.1) is 6.61 Å². The number of carbonyl (C=O) groups is 2. The van der Waals surface area contributed by atoms with Gasteiger partial charge < -0.3 is 13.9 Å². The van der Waals surface area contributed by atoms with Crippen molar-refractivity contribution in [2.75, 3.05) is 6.61 Å². The molecule has 0 radical (unpaired) electrons. The highest BCUT2D eigenvalue weighted by molar-refractivity contribution is 5.91. The molecule has 0 N–H and O–H groups in total. The molecular weight excluding hydrogens is 312 g/mol. The molecule has 0 aliphatic carbocycles. The Morgan fingerprint density at radius 2 is 1.79 bits per heavy atom. The molecule has 0 aliphatic rings. The van der Waals surface area contributed by atoms with Crippen molar-refractivity contribution in [2.24, 2.45) is 0 Å². The number of fused-ring (bicyclic) bond motifs is 1. The van der Waals surface area contributed by atoms with Crippen LogP contribution < -0.4 is 5.63 Å². The zero-order valence-corrected chi connectivity index (χ0v) is 13.5. The Bertz CT molecular complexity index is 831. The predicted molar refractivity (Wildman–Crippen MR) is 87.4 cm³/mol. The first-order valence-electron chi connectivity index (χ1n) is 7.60. The third-order valence-corrected chi connectivity index (χ3v) is 3.31. The van der Waals surface area contributed by atoms with E-state index in [1.807, 2.05) is 19.1 Å². The van der Waals surface area contributed by atoms with Crippen LogP contribution in [0.5, 0.6) is 0 Å². The van der Waals surface area contributed by atoms with Gasteiger partial charge in [-0.2, -0.15) is 0 Å². The summed E-state index contributed by atoms with van der Waals surface area (Å²) in [5.41, 5.74) is 1.53. The van der Waals surface area contributed by atoms with Crippen molar-refractivity contribution in [1.82, 2.24) is 0 Å². The summed E-state index contributed by atoms with van der Waals surface area (Å²) in [6.07, 6.45) is 2.80. The fourth-order valence-electron chi connectivity index (χ4n) is 2.14. The molecule has 6 heteroatoms. The molecule has 0 unspecified atom stereocenters. The molecule has 1 aromatic heterocycles. The van der Waals surface area contributed by atoms with E-state index in [0.717, 1.165) is 24.1 Å². The predicted octanol–water partition coefficient (Wildman–Crippen LogP) is 2.52. The Morgan fingerprint density at radius 3 is 2.46 bits per heavy atom. The zero-order chi connectivity index (χ0) is 17.5. The van der Waals surface area contributed by atoms with E-state index >= 15 is 0 Å². The molecule has 2 rings (SSSR count). The van der Waals surface area contributed by atoms with Crippen LogP contribution in [-0.2, 0) is 32.1 Å². The van der Waals surface area contributed by atoms with E-state index in [2.05, 4.69) is 4.74 Å². The van der Waals surface area contributed by atoms with Gasteiger partial charge in [-0.05, 0) is 25.0 Å². The van der Waals surface area contributed by atoms with Crippen molar-refractivity contribution < 1.29 is 23.5 Å². The maximum atomic E-state index is 11.7. The number of ether oxygens (including phenoxy) is 2. The second kappa shape index (κ2) is 8.10. The molecule has 0 saturated heterocycles. The molecule has 0 aliphatic heterocycles. The quantitative estimate of drug-likeness (QED) is 0.460. The Labute approximate surface area is 138 Å². The zero-order valence-electron chi connectivity index (χ0n) is 13.5. The number of aryl methyl sites for hydroxylation is 1. The fraction of sp³-hybridized carbons (Fsp3) is 0.278. The van der Waals surface area contributed by atoms with Crippen LogP contribution in [0.4, 0.5) is 0 Å². The minimum absolute atomic E-state index is 0.0976. The Balaban J connectivity index is 2.14. The average Bonchev–Trinajstić information content (AvgIpc) is 2.57. The molecule has 24 heavy (non-hydrogen) atoms. The summed E-state index contributed by atoms with van der Waals surface area (Å²) in [6.45, 7) is 3.80. The van der Waals surface area contributed by atoms with Gasteiger partial charge in [0.2, 0.25) is 0 Å². The minimum Gasteiger partial charge on any atom is -0.463 e. The van der Waals surface area contributed by atoms with Crippen molar-refractivity contribution >= 4 is 22.9 Å². The lowest BCUT2D eigenvalue weighted by Crippen LogP contribution is -2.07. The summed E-state index contributed by atoms with van der Waals surface area (Å²) in [7, 11) is 0. The van der Waals surface area contributed by atoms with E-state index in [0.29, 0.717) is 16.5 Å². The molecule has 1 aromatic carbocycles. The van der Waals surface area contributed by atoms with Gasteiger partial charge in [-0.25, -0.2) is 14.4 Å². The molecule has 0 spiro atoms. The minimum atomic E-state index is -0.699. The van der Waals surface area contributed by atoms with E-state index in [1.165, 1.54) is 6.07 Å². The van der Waals surface area contributed by atoms with Crippen molar-refractivity contribution in [3.63, 3.8) is 0 Å². The van der Waals surface area contributed by atoms with Crippen LogP contribution in [-0.4, -0.2) is 18.5 Å². The summed E-state index contributed by atoms with van der Waals surface area (Å²) in [4.78, 5) is 34.4. The van der Waals surface area contributed by atoms with E-state index < -0.39 is 17.6 Å². The molecular formula is C18H18O6. The maximum absolute atomic E-state index is 11.7. The molecule has 2 aromatic rings. The van der Waals surface area contributed by atoms with Gasteiger partial charge in [0.15, 0.2) is 0 Å². The Morgan fingerprint density at radius 1 is 1.08 bits per heavy atom. The Hall–Kier alpha value is -2.89. The van der Waals surface area contributed by atoms with Gasteiger partial charge in [-0.15, -0.1) is 0 Å². The molecule has 6 nitrogen and oxygen atoms in total. The second-order valence-electron chi connectivity index (χ2n) is 4.97. The van der Waals surface area contributed by atoms with Crippen LogP contribution in [0.15, 0.2) is 45.6 Å². The van der Waals surface area contributed by atoms with Crippen molar-refractivity contribution in [3.05, 3.63) is 58.0 Å². The lowest BCUT2D eigenvalue weighted by atomic mass is 10.1. The van der Waals surface area contributed by atoms with Crippen LogP contribution >= 0.6 is 0 Å². The molecule has 126 valence electrons. The van der Waals surface area contributed by atoms with Gasteiger partial charge in [-0.3, -0.25) is 0 Å². The van der Waals surface area contributed by atoms with Gasteiger partial charge in [-0.1, -0.05) is 19.1 Å². The van der Waals surface area contributed by atoms with Crippen LogP contribution in [0.1, 0.15) is 25.0 Å². The number of esters is 2. The average molecular weight is 330 g/mol.